The van der Waals surface area contributed by atoms with Gasteiger partial charge >= 0.3 is 6.03 Å². The second kappa shape index (κ2) is 9.51. The Morgan fingerprint density at radius 3 is 2.38 bits per heavy atom. The lowest BCUT2D eigenvalue weighted by atomic mass is 10.2. The van der Waals surface area contributed by atoms with E-state index in [2.05, 4.69) is 10.3 Å². The second-order valence-electron chi connectivity index (χ2n) is 6.58. The molecule has 2 aromatic rings. The minimum atomic E-state index is -2.05. The van der Waals surface area contributed by atoms with Crippen LogP contribution in [0.4, 0.5) is 20.6 Å². The minimum absolute atomic E-state index is 0.190. The standard InChI is InChI=1S/C20H14Cl4FN5O2/c1-29-18(31)17(30(19(29)32)14-9-5-3-7-12(14)25)28-16(15(21)20(22,23)24)27-13-8-4-2-6-11(13)10-26/h2-9,15-16,27H,1H3. The molecule has 7 nitrogen and oxygen atoms in total. The van der Waals surface area contributed by atoms with Gasteiger partial charge in [0, 0.05) is 7.05 Å². The highest BCUT2D eigenvalue weighted by Crippen LogP contribution is 2.37. The number of carbonyl (C=O) groups is 2. The van der Waals surface area contributed by atoms with Gasteiger partial charge in [-0.1, -0.05) is 59.1 Å². The van der Waals surface area contributed by atoms with Crippen LogP contribution in [0, 0.1) is 17.1 Å². The average molecular weight is 517 g/mol. The Balaban J connectivity index is 2.13. The van der Waals surface area contributed by atoms with E-state index >= 15 is 0 Å². The zero-order chi connectivity index (χ0) is 23.6. The maximum atomic E-state index is 14.5. The molecule has 0 saturated carbocycles. The van der Waals surface area contributed by atoms with E-state index in [0.717, 1.165) is 15.9 Å². The lowest BCUT2D eigenvalue weighted by molar-refractivity contribution is -0.119. The van der Waals surface area contributed by atoms with E-state index in [4.69, 9.17) is 46.4 Å². The SMILES string of the molecule is CN1C(=O)C(=NC(Nc2ccccc2C#N)C(Cl)C(Cl)(Cl)Cl)N(c2ccccc2F)C1=O. The highest BCUT2D eigenvalue weighted by atomic mass is 35.6. The Kier molecular flexibility index (Phi) is 7.16. The smallest absolute Gasteiger partial charge is 0.337 e. The van der Waals surface area contributed by atoms with Crippen molar-refractivity contribution in [1.29, 1.82) is 5.26 Å². The summed E-state index contributed by atoms with van der Waals surface area (Å²) in [5.41, 5.74) is 0.347. The summed E-state index contributed by atoms with van der Waals surface area (Å²) in [5.74, 6) is -2.00. The van der Waals surface area contributed by atoms with E-state index in [1.807, 2.05) is 6.07 Å². The Morgan fingerprint density at radius 1 is 1.12 bits per heavy atom. The zero-order valence-corrected chi connectivity index (χ0v) is 19.3. The fourth-order valence-corrected chi connectivity index (χ4v) is 3.36. The van der Waals surface area contributed by atoms with Gasteiger partial charge in [-0.15, -0.1) is 11.6 Å². The molecule has 3 rings (SSSR count). The van der Waals surface area contributed by atoms with Crippen LogP contribution >= 0.6 is 46.4 Å². The molecular weight excluding hydrogens is 503 g/mol. The van der Waals surface area contributed by atoms with Gasteiger partial charge in [-0.2, -0.15) is 5.26 Å². The molecule has 0 aromatic heterocycles. The van der Waals surface area contributed by atoms with Crippen molar-refractivity contribution in [3.63, 3.8) is 0 Å². The summed E-state index contributed by atoms with van der Waals surface area (Å²) < 4.78 is 12.4. The van der Waals surface area contributed by atoms with Crippen molar-refractivity contribution in [2.24, 2.45) is 4.99 Å². The molecule has 166 valence electrons. The van der Waals surface area contributed by atoms with E-state index in [1.165, 1.54) is 31.3 Å². The third-order valence-corrected chi connectivity index (χ3v) is 6.09. The number of amides is 3. The number of halogens is 5. The van der Waals surface area contributed by atoms with E-state index in [1.54, 1.807) is 18.2 Å². The molecule has 32 heavy (non-hydrogen) atoms. The number of carbonyl (C=O) groups excluding carboxylic acids is 2. The monoisotopic (exact) mass is 515 g/mol. The van der Waals surface area contributed by atoms with Crippen molar-refractivity contribution in [3.8, 4) is 6.07 Å². The molecule has 12 heteroatoms. The normalized spacial score (nSPS) is 17.5. The molecule has 0 spiro atoms. The number of likely N-dealkylation sites (N-methyl/N-ethyl adjacent to an activating group) is 1. The van der Waals surface area contributed by atoms with Gasteiger partial charge in [0.05, 0.1) is 16.9 Å². The Labute approximate surface area is 202 Å². The van der Waals surface area contributed by atoms with Gasteiger partial charge in [-0.3, -0.25) is 9.69 Å². The average Bonchev–Trinajstić information content (AvgIpc) is 2.96. The highest BCUT2D eigenvalue weighted by Gasteiger charge is 2.45. The molecular formula is C20H14Cl4FN5O2. The van der Waals surface area contributed by atoms with Gasteiger partial charge in [0.15, 0.2) is 0 Å². The van der Waals surface area contributed by atoms with Crippen LogP contribution in [0.15, 0.2) is 53.5 Å². The third-order valence-electron chi connectivity index (χ3n) is 4.48. The van der Waals surface area contributed by atoms with Crippen LogP contribution in [0.2, 0.25) is 0 Å². The highest BCUT2D eigenvalue weighted by molar-refractivity contribution is 6.70. The topological polar surface area (TPSA) is 88.8 Å². The number of imide groups is 1. The number of aliphatic imine (C=N–C) groups is 1. The maximum absolute atomic E-state index is 14.5. The van der Waals surface area contributed by atoms with Gasteiger partial charge in [0.25, 0.3) is 5.91 Å². The Bertz CT molecular complexity index is 1130. The first-order valence-corrected chi connectivity index (χ1v) is 10.5. The van der Waals surface area contributed by atoms with Crippen LogP contribution < -0.4 is 10.2 Å². The Hall–Kier alpha value is -2.57. The number of hydrogen-bond acceptors (Lipinski definition) is 5. The van der Waals surface area contributed by atoms with Crippen molar-refractivity contribution in [2.75, 3.05) is 17.3 Å². The lowest BCUT2D eigenvalue weighted by Gasteiger charge is -2.27. The number of urea groups is 1. The summed E-state index contributed by atoms with van der Waals surface area (Å²) in [6, 6.07) is 12.9. The molecule has 3 amide bonds. The maximum Gasteiger partial charge on any atom is 0.337 e. The molecule has 1 N–H and O–H groups in total. The number of alkyl halides is 4. The number of nitriles is 1. The lowest BCUT2D eigenvalue weighted by Crippen LogP contribution is -2.41. The van der Waals surface area contributed by atoms with Crippen LogP contribution in [0.5, 0.6) is 0 Å². The van der Waals surface area contributed by atoms with Crippen molar-refractivity contribution < 1.29 is 14.0 Å². The van der Waals surface area contributed by atoms with E-state index in [0.29, 0.717) is 5.69 Å². The molecule has 1 saturated heterocycles. The molecule has 0 radical (unpaired) electrons. The van der Waals surface area contributed by atoms with Crippen molar-refractivity contribution in [1.82, 2.24) is 4.90 Å². The fourth-order valence-electron chi connectivity index (χ4n) is 2.88. The molecule has 0 aliphatic carbocycles. The minimum Gasteiger partial charge on any atom is -0.361 e. The van der Waals surface area contributed by atoms with E-state index in [9.17, 15) is 19.2 Å². The number of nitrogens with one attached hydrogen (secondary N) is 1. The number of benzene rings is 2. The predicted molar refractivity (Wildman–Crippen MR) is 123 cm³/mol. The molecule has 0 bridgehead atoms. The van der Waals surface area contributed by atoms with Crippen LogP contribution in [-0.2, 0) is 4.79 Å². The van der Waals surface area contributed by atoms with Crippen molar-refractivity contribution in [3.05, 3.63) is 59.9 Å². The zero-order valence-electron chi connectivity index (χ0n) is 16.3. The molecule has 1 fully saturated rings. The van der Waals surface area contributed by atoms with Gasteiger partial charge in [-0.25, -0.2) is 19.1 Å². The van der Waals surface area contributed by atoms with Gasteiger partial charge in [-0.05, 0) is 24.3 Å². The number of para-hydroxylation sites is 2. The molecule has 2 aromatic carbocycles. The number of anilines is 2. The number of nitrogens with zero attached hydrogens (tertiary/aromatic N) is 4. The first-order valence-electron chi connectivity index (χ1n) is 8.97. The van der Waals surface area contributed by atoms with E-state index < -0.39 is 38.9 Å². The summed E-state index contributed by atoms with van der Waals surface area (Å²) in [6.45, 7) is 0. The first-order chi connectivity index (χ1) is 15.1. The largest absolute Gasteiger partial charge is 0.361 e. The fraction of sp³-hybridized carbons (Fsp3) is 0.200. The summed E-state index contributed by atoms with van der Waals surface area (Å²) >= 11 is 24.2. The molecule has 1 aliphatic heterocycles. The van der Waals surface area contributed by atoms with Crippen LogP contribution in [0.3, 0.4) is 0 Å². The van der Waals surface area contributed by atoms with Crippen molar-refractivity contribution >= 4 is 75.6 Å². The predicted octanol–water partition coefficient (Wildman–Crippen LogP) is 4.91. The summed E-state index contributed by atoms with van der Waals surface area (Å²) in [4.78, 5) is 31.3. The summed E-state index contributed by atoms with van der Waals surface area (Å²) in [7, 11) is 1.22. The molecule has 1 heterocycles. The van der Waals surface area contributed by atoms with Crippen molar-refractivity contribution in [2.45, 2.75) is 15.3 Å². The van der Waals surface area contributed by atoms with Gasteiger partial charge < -0.3 is 5.32 Å². The number of rotatable bonds is 5. The quantitative estimate of drug-likeness (QED) is 0.451. The summed E-state index contributed by atoms with van der Waals surface area (Å²) in [6.07, 6.45) is -1.30. The molecule has 1 aliphatic rings. The molecule has 2 atom stereocenters. The van der Waals surface area contributed by atoms with E-state index in [-0.39, 0.29) is 11.3 Å². The first kappa shape index (κ1) is 24.1. The van der Waals surface area contributed by atoms with Gasteiger partial charge in [0.2, 0.25) is 9.63 Å². The second-order valence-corrected chi connectivity index (χ2v) is 9.42. The van der Waals surface area contributed by atoms with Gasteiger partial charge in [0.1, 0.15) is 23.4 Å². The molecule has 2 unspecified atom stereocenters. The van der Waals surface area contributed by atoms with Crippen LogP contribution in [-0.4, -0.2) is 45.1 Å². The number of hydrogen-bond donors (Lipinski definition) is 1. The summed E-state index contributed by atoms with van der Waals surface area (Å²) in [5, 5.41) is 10.9. The van der Waals surface area contributed by atoms with Crippen LogP contribution in [0.1, 0.15) is 5.56 Å². The van der Waals surface area contributed by atoms with Crippen LogP contribution in [0.25, 0.3) is 0 Å². The number of amidine groups is 1. The Morgan fingerprint density at radius 2 is 1.75 bits per heavy atom. The third kappa shape index (κ3) is 4.76.